The van der Waals surface area contributed by atoms with E-state index in [2.05, 4.69) is 46.8 Å². The number of hydrogen-bond donors (Lipinski definition) is 3. The molecule has 0 aliphatic rings. The summed E-state index contributed by atoms with van der Waals surface area (Å²) in [6.45, 7) is -0.881. The van der Waals surface area contributed by atoms with Crippen LogP contribution in [0.1, 0.15) is 5.56 Å². The molecule has 0 fully saturated rings. The van der Waals surface area contributed by atoms with Crippen molar-refractivity contribution in [2.45, 2.75) is 12.7 Å². The van der Waals surface area contributed by atoms with Gasteiger partial charge < -0.3 is 20.7 Å². The Hall–Kier alpha value is -3.08. The van der Waals surface area contributed by atoms with Crippen molar-refractivity contribution in [1.82, 2.24) is 15.0 Å². The predicted octanol–water partition coefficient (Wildman–Crippen LogP) is 4.97. The van der Waals surface area contributed by atoms with Crippen LogP contribution < -0.4 is 20.7 Å². The van der Waals surface area contributed by atoms with E-state index in [-0.39, 0.29) is 17.8 Å². The summed E-state index contributed by atoms with van der Waals surface area (Å²) in [4.78, 5) is 12.3. The van der Waals surface area contributed by atoms with Crippen LogP contribution in [0.25, 0.3) is 0 Å². The van der Waals surface area contributed by atoms with Crippen LogP contribution in [0.15, 0.2) is 53.0 Å². The maximum absolute atomic E-state index is 12.6. The van der Waals surface area contributed by atoms with E-state index in [1.807, 2.05) is 24.3 Å². The fraction of sp³-hybridized carbons (Fsp3) is 0.211. The minimum atomic E-state index is -4.40. The SMILES string of the molecule is COc1ccc(Nc2nc(NCc3cccc(Br)c3)nc(NCC(F)(F)F)n2)cc1. The molecule has 0 aliphatic carbocycles. The molecule has 0 unspecified atom stereocenters. The molecule has 0 bridgehead atoms. The normalized spacial score (nSPS) is 11.1. The van der Waals surface area contributed by atoms with Gasteiger partial charge in [-0.05, 0) is 42.0 Å². The van der Waals surface area contributed by atoms with Gasteiger partial charge in [-0.2, -0.15) is 28.1 Å². The number of aromatic nitrogens is 3. The molecule has 1 aromatic heterocycles. The largest absolute Gasteiger partial charge is 0.497 e. The summed E-state index contributed by atoms with van der Waals surface area (Å²) < 4.78 is 43.8. The van der Waals surface area contributed by atoms with Gasteiger partial charge >= 0.3 is 6.18 Å². The van der Waals surface area contributed by atoms with Gasteiger partial charge in [0.25, 0.3) is 0 Å². The molecule has 0 aliphatic heterocycles. The second-order valence-electron chi connectivity index (χ2n) is 6.11. The van der Waals surface area contributed by atoms with Crippen molar-refractivity contribution < 1.29 is 17.9 Å². The monoisotopic (exact) mass is 482 g/mol. The number of hydrogen-bond acceptors (Lipinski definition) is 7. The first-order valence-corrected chi connectivity index (χ1v) is 9.56. The van der Waals surface area contributed by atoms with Crippen LogP contribution in [0, 0.1) is 0 Å². The molecule has 0 amide bonds. The molecule has 3 N–H and O–H groups in total. The molecule has 0 radical (unpaired) electrons. The van der Waals surface area contributed by atoms with Crippen LogP contribution in [0.4, 0.5) is 36.7 Å². The zero-order valence-electron chi connectivity index (χ0n) is 15.8. The van der Waals surface area contributed by atoms with Crippen LogP contribution >= 0.6 is 15.9 Å². The Kier molecular flexibility index (Phi) is 6.93. The van der Waals surface area contributed by atoms with E-state index in [9.17, 15) is 13.2 Å². The van der Waals surface area contributed by atoms with E-state index in [0.29, 0.717) is 18.0 Å². The fourth-order valence-electron chi connectivity index (χ4n) is 2.40. The lowest BCUT2D eigenvalue weighted by molar-refractivity contribution is -0.115. The molecule has 0 spiro atoms. The molecule has 158 valence electrons. The van der Waals surface area contributed by atoms with Crippen molar-refractivity contribution in [1.29, 1.82) is 0 Å². The van der Waals surface area contributed by atoms with Crippen LogP contribution in [-0.2, 0) is 6.54 Å². The van der Waals surface area contributed by atoms with Crippen LogP contribution in [-0.4, -0.2) is 34.8 Å². The maximum atomic E-state index is 12.6. The number of benzene rings is 2. The lowest BCUT2D eigenvalue weighted by atomic mass is 10.2. The van der Waals surface area contributed by atoms with Crippen LogP contribution in [0.2, 0.25) is 0 Å². The predicted molar refractivity (Wildman–Crippen MR) is 112 cm³/mol. The third-order valence-electron chi connectivity index (χ3n) is 3.77. The topological polar surface area (TPSA) is 84.0 Å². The third kappa shape index (κ3) is 6.76. The molecule has 0 atom stereocenters. The molecule has 2 aromatic carbocycles. The highest BCUT2D eigenvalue weighted by molar-refractivity contribution is 9.10. The standard InChI is InChI=1S/C19H18BrF3N6O/c1-30-15-7-5-14(6-8-15)26-18-28-16(24-10-12-3-2-4-13(20)9-12)27-17(29-18)25-11-19(21,22)23/h2-9H,10-11H2,1H3,(H3,24,25,26,27,28,29). The summed E-state index contributed by atoms with van der Waals surface area (Å²) in [7, 11) is 1.55. The summed E-state index contributed by atoms with van der Waals surface area (Å²) >= 11 is 3.39. The highest BCUT2D eigenvalue weighted by Gasteiger charge is 2.27. The van der Waals surface area contributed by atoms with E-state index < -0.39 is 12.7 Å². The number of halogens is 4. The number of nitrogens with one attached hydrogen (secondary N) is 3. The van der Waals surface area contributed by atoms with Gasteiger partial charge in [-0.1, -0.05) is 28.1 Å². The van der Waals surface area contributed by atoms with Gasteiger partial charge in [-0.25, -0.2) is 0 Å². The third-order valence-corrected chi connectivity index (χ3v) is 4.26. The average Bonchev–Trinajstić information content (AvgIpc) is 2.71. The fourth-order valence-corrected chi connectivity index (χ4v) is 2.85. The highest BCUT2D eigenvalue weighted by Crippen LogP contribution is 2.21. The van der Waals surface area contributed by atoms with E-state index in [1.165, 1.54) is 0 Å². The summed E-state index contributed by atoms with van der Waals surface area (Å²) in [6, 6.07) is 14.5. The first kappa shape index (κ1) is 21.6. The van der Waals surface area contributed by atoms with Crippen molar-refractivity contribution in [2.75, 3.05) is 29.6 Å². The molecule has 3 rings (SSSR count). The zero-order valence-corrected chi connectivity index (χ0v) is 17.4. The Morgan fingerprint density at radius 1 is 0.933 bits per heavy atom. The summed E-state index contributed by atoms with van der Waals surface area (Å²) in [5.74, 6) is 0.692. The van der Waals surface area contributed by atoms with Crippen molar-refractivity contribution in [3.05, 3.63) is 58.6 Å². The van der Waals surface area contributed by atoms with Crippen molar-refractivity contribution in [3.63, 3.8) is 0 Å². The summed E-state index contributed by atoms with van der Waals surface area (Å²) in [5.41, 5.74) is 1.58. The van der Waals surface area contributed by atoms with Gasteiger partial charge in [-0.3, -0.25) is 0 Å². The van der Waals surface area contributed by atoms with Gasteiger partial charge in [-0.15, -0.1) is 0 Å². The van der Waals surface area contributed by atoms with Crippen LogP contribution in [0.3, 0.4) is 0 Å². The Labute approximate surface area is 179 Å². The number of methoxy groups -OCH3 is 1. The lowest BCUT2D eigenvalue weighted by Gasteiger charge is -2.13. The summed E-state index contributed by atoms with van der Waals surface area (Å²) in [6.07, 6.45) is -4.40. The Bertz CT molecular complexity index is 985. The average molecular weight is 483 g/mol. The van der Waals surface area contributed by atoms with E-state index >= 15 is 0 Å². The number of ether oxygens (including phenoxy) is 1. The maximum Gasteiger partial charge on any atom is 0.405 e. The van der Waals surface area contributed by atoms with Crippen molar-refractivity contribution in [3.8, 4) is 5.75 Å². The van der Waals surface area contributed by atoms with Crippen LogP contribution in [0.5, 0.6) is 5.75 Å². The second-order valence-corrected chi connectivity index (χ2v) is 7.03. The number of rotatable bonds is 8. The van der Waals surface area contributed by atoms with Gasteiger partial charge in [0, 0.05) is 16.7 Å². The van der Waals surface area contributed by atoms with Gasteiger partial charge in [0.05, 0.1) is 7.11 Å². The molecular weight excluding hydrogens is 465 g/mol. The highest BCUT2D eigenvalue weighted by atomic mass is 79.9. The molecule has 0 saturated carbocycles. The number of nitrogens with zero attached hydrogens (tertiary/aromatic N) is 3. The zero-order chi connectivity index (χ0) is 21.6. The van der Waals surface area contributed by atoms with E-state index in [4.69, 9.17) is 4.74 Å². The molecular formula is C19H18BrF3N6O. The Morgan fingerprint density at radius 3 is 2.23 bits per heavy atom. The first-order valence-electron chi connectivity index (χ1n) is 8.77. The molecule has 3 aromatic rings. The van der Waals surface area contributed by atoms with E-state index in [0.717, 1.165) is 10.0 Å². The Balaban J connectivity index is 1.79. The first-order chi connectivity index (χ1) is 14.3. The number of alkyl halides is 3. The quantitative estimate of drug-likeness (QED) is 0.417. The van der Waals surface area contributed by atoms with Crippen molar-refractivity contribution >= 4 is 39.5 Å². The summed E-state index contributed by atoms with van der Waals surface area (Å²) in [5, 5.41) is 8.14. The molecule has 0 saturated heterocycles. The minimum absolute atomic E-state index is 0.0941. The Morgan fingerprint density at radius 2 is 1.60 bits per heavy atom. The minimum Gasteiger partial charge on any atom is -0.497 e. The van der Waals surface area contributed by atoms with Gasteiger partial charge in [0.2, 0.25) is 17.8 Å². The van der Waals surface area contributed by atoms with Gasteiger partial charge in [0.1, 0.15) is 12.3 Å². The molecule has 30 heavy (non-hydrogen) atoms. The van der Waals surface area contributed by atoms with Crippen molar-refractivity contribution in [2.24, 2.45) is 0 Å². The molecule has 11 heteroatoms. The number of anilines is 4. The molecule has 7 nitrogen and oxygen atoms in total. The van der Waals surface area contributed by atoms with Gasteiger partial charge in [0.15, 0.2) is 0 Å². The second kappa shape index (κ2) is 9.61. The smallest absolute Gasteiger partial charge is 0.405 e. The molecule has 1 heterocycles. The lowest BCUT2D eigenvalue weighted by Crippen LogP contribution is -2.23. The van der Waals surface area contributed by atoms with E-state index in [1.54, 1.807) is 31.4 Å².